The Bertz CT molecular complexity index is 337. The molecule has 0 aromatic rings. The number of likely N-dealkylation sites (tertiary alicyclic amines) is 1. The number of carboxylic acids is 1. The summed E-state index contributed by atoms with van der Waals surface area (Å²) in [4.78, 5) is 23.7. The summed E-state index contributed by atoms with van der Waals surface area (Å²) in [5.74, 6) is 1.35. The predicted molar refractivity (Wildman–Crippen MR) is 60.2 cm³/mol. The molecule has 1 heterocycles. The summed E-state index contributed by atoms with van der Waals surface area (Å²) in [5.41, 5.74) is 0. The Morgan fingerprint density at radius 1 is 1.53 bits per heavy atom. The van der Waals surface area contributed by atoms with E-state index in [1.54, 1.807) is 0 Å². The zero-order valence-corrected chi connectivity index (χ0v) is 9.43. The summed E-state index contributed by atoms with van der Waals surface area (Å²) in [5, 5.41) is 20.8. The van der Waals surface area contributed by atoms with Gasteiger partial charge in [-0.25, -0.2) is 9.59 Å². The molecule has 0 aromatic carbocycles. The van der Waals surface area contributed by atoms with Gasteiger partial charge in [0, 0.05) is 25.9 Å². The van der Waals surface area contributed by atoms with E-state index in [1.807, 2.05) is 0 Å². The highest BCUT2D eigenvalue weighted by Gasteiger charge is 2.38. The van der Waals surface area contributed by atoms with Crippen LogP contribution in [0.15, 0.2) is 0 Å². The number of rotatable bonds is 4. The summed E-state index contributed by atoms with van der Waals surface area (Å²) in [6.07, 6.45) is 5.58. The van der Waals surface area contributed by atoms with E-state index in [0.29, 0.717) is 19.4 Å². The van der Waals surface area contributed by atoms with Gasteiger partial charge in [-0.05, 0) is 6.42 Å². The molecule has 17 heavy (non-hydrogen) atoms. The third-order valence-electron chi connectivity index (χ3n) is 2.60. The van der Waals surface area contributed by atoms with Crippen molar-refractivity contribution in [3.63, 3.8) is 0 Å². The molecule has 6 nitrogen and oxygen atoms in total. The number of aliphatic hydroxyl groups is 1. The van der Waals surface area contributed by atoms with Crippen LogP contribution in [-0.2, 0) is 4.79 Å². The number of carboxylic acid groups (broad SMARTS) is 1. The maximum Gasteiger partial charge on any atom is 0.326 e. The molecule has 94 valence electrons. The molecule has 0 radical (unpaired) electrons. The first-order valence-corrected chi connectivity index (χ1v) is 5.45. The van der Waals surface area contributed by atoms with Crippen LogP contribution in [0, 0.1) is 12.3 Å². The molecule has 1 fully saturated rings. The van der Waals surface area contributed by atoms with Crippen molar-refractivity contribution in [2.75, 3.05) is 13.1 Å². The molecule has 0 spiro atoms. The first-order chi connectivity index (χ1) is 8.06. The van der Waals surface area contributed by atoms with Gasteiger partial charge >= 0.3 is 12.0 Å². The van der Waals surface area contributed by atoms with Crippen LogP contribution in [0.5, 0.6) is 0 Å². The lowest BCUT2D eigenvalue weighted by Crippen LogP contribution is -2.46. The number of terminal acetylenes is 1. The minimum Gasteiger partial charge on any atom is -0.480 e. The number of nitrogens with zero attached hydrogens (tertiary/aromatic N) is 1. The van der Waals surface area contributed by atoms with E-state index in [-0.39, 0.29) is 13.0 Å². The molecule has 0 saturated carbocycles. The number of carbonyl (C=O) groups excluding carboxylic acids is 1. The largest absolute Gasteiger partial charge is 0.480 e. The average molecular weight is 240 g/mol. The van der Waals surface area contributed by atoms with Crippen molar-refractivity contribution in [2.24, 2.45) is 0 Å². The number of aliphatic hydroxyl groups excluding tert-OH is 1. The summed E-state index contributed by atoms with van der Waals surface area (Å²) in [6, 6.07) is -1.41. The zero-order chi connectivity index (χ0) is 12.8. The number of amides is 2. The van der Waals surface area contributed by atoms with Crippen LogP contribution in [0.2, 0.25) is 0 Å². The topological polar surface area (TPSA) is 89.9 Å². The molecule has 1 aliphatic heterocycles. The maximum atomic E-state index is 11.7. The standard InChI is InChI=1S/C11H16N2O4/c1-2-3-4-5-12-11(17)13-7-8(14)6-9(13)10(15)16/h1,8-9,14H,3-7H2,(H,12,17)(H,15,16)/t8-,9+/m1/s1. The van der Waals surface area contributed by atoms with Gasteiger partial charge in [0.2, 0.25) is 0 Å². The van der Waals surface area contributed by atoms with Crippen LogP contribution >= 0.6 is 0 Å². The lowest BCUT2D eigenvalue weighted by atomic mass is 10.2. The van der Waals surface area contributed by atoms with Gasteiger partial charge in [0.15, 0.2) is 0 Å². The van der Waals surface area contributed by atoms with Crippen molar-refractivity contribution in [2.45, 2.75) is 31.4 Å². The minimum atomic E-state index is -1.10. The van der Waals surface area contributed by atoms with E-state index in [0.717, 1.165) is 4.90 Å². The number of unbranched alkanes of at least 4 members (excludes halogenated alkanes) is 1. The van der Waals surface area contributed by atoms with E-state index in [1.165, 1.54) is 0 Å². The summed E-state index contributed by atoms with van der Waals surface area (Å²) < 4.78 is 0. The van der Waals surface area contributed by atoms with Gasteiger partial charge in [-0.2, -0.15) is 0 Å². The van der Waals surface area contributed by atoms with E-state index >= 15 is 0 Å². The van der Waals surface area contributed by atoms with Crippen molar-refractivity contribution in [3.8, 4) is 12.3 Å². The van der Waals surface area contributed by atoms with Crippen LogP contribution in [0.1, 0.15) is 19.3 Å². The monoisotopic (exact) mass is 240 g/mol. The average Bonchev–Trinajstić information content (AvgIpc) is 2.66. The molecule has 3 N–H and O–H groups in total. The molecule has 0 unspecified atom stereocenters. The second kappa shape index (κ2) is 6.11. The van der Waals surface area contributed by atoms with Crippen molar-refractivity contribution in [1.82, 2.24) is 10.2 Å². The van der Waals surface area contributed by atoms with Crippen molar-refractivity contribution in [1.29, 1.82) is 0 Å². The van der Waals surface area contributed by atoms with Crippen molar-refractivity contribution in [3.05, 3.63) is 0 Å². The van der Waals surface area contributed by atoms with Gasteiger partial charge in [0.25, 0.3) is 0 Å². The van der Waals surface area contributed by atoms with Gasteiger partial charge < -0.3 is 20.4 Å². The highest BCUT2D eigenvalue weighted by atomic mass is 16.4. The van der Waals surface area contributed by atoms with Crippen LogP contribution < -0.4 is 5.32 Å². The lowest BCUT2D eigenvalue weighted by molar-refractivity contribution is -0.141. The van der Waals surface area contributed by atoms with Gasteiger partial charge in [0.05, 0.1) is 6.10 Å². The maximum absolute atomic E-state index is 11.7. The number of urea groups is 1. The Labute approximate surface area is 99.6 Å². The fourth-order valence-corrected chi connectivity index (χ4v) is 1.76. The number of hydrogen-bond donors (Lipinski definition) is 3. The summed E-state index contributed by atoms with van der Waals surface area (Å²) >= 11 is 0. The van der Waals surface area contributed by atoms with Gasteiger partial charge in [0.1, 0.15) is 6.04 Å². The third-order valence-corrected chi connectivity index (χ3v) is 2.60. The van der Waals surface area contributed by atoms with Crippen molar-refractivity contribution >= 4 is 12.0 Å². The van der Waals surface area contributed by atoms with E-state index in [4.69, 9.17) is 11.5 Å². The number of aliphatic carboxylic acids is 1. The lowest BCUT2D eigenvalue weighted by Gasteiger charge is -2.21. The Kier molecular flexibility index (Phi) is 4.79. The molecule has 0 bridgehead atoms. The molecule has 1 saturated heterocycles. The molecular weight excluding hydrogens is 224 g/mol. The second-order valence-electron chi connectivity index (χ2n) is 3.94. The minimum absolute atomic E-state index is 0.0535. The second-order valence-corrected chi connectivity index (χ2v) is 3.94. The summed E-state index contributed by atoms with van der Waals surface area (Å²) in [6.45, 7) is 0.458. The molecule has 0 aromatic heterocycles. The van der Waals surface area contributed by atoms with Crippen LogP contribution in [0.4, 0.5) is 4.79 Å². The van der Waals surface area contributed by atoms with E-state index < -0.39 is 24.1 Å². The van der Waals surface area contributed by atoms with Crippen LogP contribution in [0.25, 0.3) is 0 Å². The van der Waals surface area contributed by atoms with E-state index in [2.05, 4.69) is 11.2 Å². The van der Waals surface area contributed by atoms with E-state index in [9.17, 15) is 14.7 Å². The smallest absolute Gasteiger partial charge is 0.326 e. The SMILES string of the molecule is C#CCCCNC(=O)N1C[C@H](O)C[C@H]1C(=O)O. The Balaban J connectivity index is 2.44. The number of hydrogen-bond acceptors (Lipinski definition) is 3. The number of carbonyl (C=O) groups is 2. The molecule has 1 rings (SSSR count). The first kappa shape index (κ1) is 13.3. The quantitative estimate of drug-likeness (QED) is 0.462. The normalized spacial score (nSPS) is 23.2. The number of β-amino-alcohol motifs (C(OH)–C–C–N with tert-alkyl or cyclic N) is 1. The first-order valence-electron chi connectivity index (χ1n) is 5.45. The summed E-state index contributed by atoms with van der Waals surface area (Å²) in [7, 11) is 0. The van der Waals surface area contributed by atoms with Crippen molar-refractivity contribution < 1.29 is 19.8 Å². The highest BCUT2D eigenvalue weighted by Crippen LogP contribution is 2.17. The molecular formula is C11H16N2O4. The van der Waals surface area contributed by atoms with Gasteiger partial charge in [-0.3, -0.25) is 0 Å². The highest BCUT2D eigenvalue weighted by molar-refractivity contribution is 5.83. The zero-order valence-electron chi connectivity index (χ0n) is 9.43. The molecule has 6 heteroatoms. The predicted octanol–water partition coefficient (Wildman–Crippen LogP) is -0.371. The molecule has 2 atom stereocenters. The molecule has 1 aliphatic rings. The Morgan fingerprint density at radius 3 is 2.82 bits per heavy atom. The Morgan fingerprint density at radius 2 is 2.24 bits per heavy atom. The van der Waals surface area contributed by atoms with Crippen LogP contribution in [-0.4, -0.2) is 52.3 Å². The molecule has 2 amide bonds. The van der Waals surface area contributed by atoms with Gasteiger partial charge in [-0.15, -0.1) is 12.3 Å². The fourth-order valence-electron chi connectivity index (χ4n) is 1.76. The molecule has 0 aliphatic carbocycles. The van der Waals surface area contributed by atoms with Gasteiger partial charge in [-0.1, -0.05) is 0 Å². The fraction of sp³-hybridized carbons (Fsp3) is 0.636. The number of nitrogens with one attached hydrogen (secondary N) is 1. The van der Waals surface area contributed by atoms with Crippen LogP contribution in [0.3, 0.4) is 0 Å². The Hall–Kier alpha value is -1.74. The third kappa shape index (κ3) is 3.64.